The Kier molecular flexibility index (Phi) is 3.39. The summed E-state index contributed by atoms with van der Waals surface area (Å²) in [7, 11) is 0. The number of aliphatic hydroxyl groups is 2. The van der Waals surface area contributed by atoms with E-state index in [0.29, 0.717) is 5.56 Å². The van der Waals surface area contributed by atoms with Crippen molar-refractivity contribution in [3.63, 3.8) is 0 Å². The lowest BCUT2D eigenvalue weighted by Crippen LogP contribution is -2.01. The molecule has 0 radical (unpaired) electrons. The maximum atomic E-state index is 10.7. The number of aliphatic hydroxyl groups excluding tert-OH is 2. The number of nitro groups is 1. The minimum Gasteiger partial charge on any atom is -0.389 e. The lowest BCUT2D eigenvalue weighted by atomic mass is 10.0. The average Bonchev–Trinajstić information content (AvgIpc) is 2.16. The van der Waals surface area contributed by atoms with E-state index in [9.17, 15) is 20.3 Å². The number of rotatable bonds is 3. The van der Waals surface area contributed by atoms with Crippen molar-refractivity contribution in [1.82, 2.24) is 0 Å². The number of nitrogens with zero attached hydrogens (tertiary/aromatic N) is 1. The van der Waals surface area contributed by atoms with Gasteiger partial charge in [0.2, 0.25) is 0 Å². The molecule has 0 unspecified atom stereocenters. The predicted molar refractivity (Wildman–Crippen MR) is 54.4 cm³/mol. The molecule has 0 aliphatic carbocycles. The largest absolute Gasteiger partial charge is 0.389 e. The van der Waals surface area contributed by atoms with Crippen LogP contribution in [0.25, 0.3) is 0 Å². The lowest BCUT2D eigenvalue weighted by Gasteiger charge is -2.09. The van der Waals surface area contributed by atoms with Gasteiger partial charge in [0.1, 0.15) is 0 Å². The van der Waals surface area contributed by atoms with Gasteiger partial charge in [-0.1, -0.05) is 6.07 Å². The quantitative estimate of drug-likeness (QED) is 0.588. The minimum atomic E-state index is -0.895. The summed E-state index contributed by atoms with van der Waals surface area (Å²) < 4.78 is 0. The summed E-state index contributed by atoms with van der Waals surface area (Å²) in [5.41, 5.74) is 0.555. The molecule has 15 heavy (non-hydrogen) atoms. The van der Waals surface area contributed by atoms with Crippen molar-refractivity contribution in [1.29, 1.82) is 0 Å². The Morgan fingerprint density at radius 2 is 1.87 bits per heavy atom. The molecule has 0 spiro atoms. The fourth-order valence-electron chi connectivity index (χ4n) is 1.33. The maximum absolute atomic E-state index is 10.7. The van der Waals surface area contributed by atoms with Gasteiger partial charge < -0.3 is 10.2 Å². The fourth-order valence-corrected chi connectivity index (χ4v) is 1.33. The van der Waals surface area contributed by atoms with Crippen LogP contribution < -0.4 is 0 Å². The number of hydrogen-bond acceptors (Lipinski definition) is 4. The Morgan fingerprint density at radius 3 is 2.27 bits per heavy atom. The Morgan fingerprint density at radius 1 is 1.27 bits per heavy atom. The first-order valence-electron chi connectivity index (χ1n) is 4.58. The Labute approximate surface area is 87.1 Å². The zero-order chi connectivity index (χ0) is 11.6. The van der Waals surface area contributed by atoms with E-state index in [0.717, 1.165) is 0 Å². The molecular formula is C10H13NO4. The number of hydrogen-bond donors (Lipinski definition) is 2. The molecule has 0 aromatic heterocycles. The van der Waals surface area contributed by atoms with Crippen LogP contribution in [0.15, 0.2) is 18.2 Å². The highest BCUT2D eigenvalue weighted by atomic mass is 16.6. The van der Waals surface area contributed by atoms with Crippen LogP contribution in [-0.4, -0.2) is 15.1 Å². The molecule has 0 heterocycles. The summed E-state index contributed by atoms with van der Waals surface area (Å²) in [5, 5.41) is 29.3. The summed E-state index contributed by atoms with van der Waals surface area (Å²) in [4.78, 5) is 10.2. The Hall–Kier alpha value is -1.46. The molecular weight excluding hydrogens is 198 g/mol. The van der Waals surface area contributed by atoms with Crippen LogP contribution in [0.2, 0.25) is 0 Å². The van der Waals surface area contributed by atoms with Crippen molar-refractivity contribution in [3.8, 4) is 0 Å². The van der Waals surface area contributed by atoms with Crippen molar-refractivity contribution in [2.45, 2.75) is 26.1 Å². The van der Waals surface area contributed by atoms with E-state index in [1.165, 1.54) is 26.0 Å². The smallest absolute Gasteiger partial charge is 0.275 e. The summed E-state index contributed by atoms with van der Waals surface area (Å²) in [5.74, 6) is 0. The molecule has 1 aromatic rings. The van der Waals surface area contributed by atoms with Crippen LogP contribution in [0.1, 0.15) is 37.2 Å². The third-order valence-corrected chi connectivity index (χ3v) is 2.18. The molecule has 5 heteroatoms. The molecule has 0 fully saturated rings. The van der Waals surface area contributed by atoms with Gasteiger partial charge in [0.15, 0.2) is 0 Å². The van der Waals surface area contributed by atoms with Gasteiger partial charge in [-0.05, 0) is 25.5 Å². The van der Waals surface area contributed by atoms with Gasteiger partial charge in [-0.25, -0.2) is 0 Å². The molecule has 0 saturated carbocycles. The van der Waals surface area contributed by atoms with E-state index in [1.54, 1.807) is 6.07 Å². The molecule has 82 valence electrons. The average molecular weight is 211 g/mol. The molecule has 1 aromatic carbocycles. The van der Waals surface area contributed by atoms with E-state index in [1.807, 2.05) is 0 Å². The van der Waals surface area contributed by atoms with Crippen LogP contribution in [0.5, 0.6) is 0 Å². The third kappa shape index (κ3) is 2.51. The van der Waals surface area contributed by atoms with Gasteiger partial charge in [0.05, 0.1) is 22.7 Å². The van der Waals surface area contributed by atoms with Gasteiger partial charge >= 0.3 is 0 Å². The van der Waals surface area contributed by atoms with Gasteiger partial charge in [-0.15, -0.1) is 0 Å². The first-order chi connectivity index (χ1) is 6.93. The second-order valence-corrected chi connectivity index (χ2v) is 3.43. The maximum Gasteiger partial charge on any atom is 0.275 e. The molecule has 1 rings (SSSR count). The second kappa shape index (κ2) is 4.37. The van der Waals surface area contributed by atoms with Crippen LogP contribution in [0, 0.1) is 10.1 Å². The highest BCUT2D eigenvalue weighted by molar-refractivity contribution is 5.45. The normalized spacial score (nSPS) is 14.7. The third-order valence-electron chi connectivity index (χ3n) is 2.18. The van der Waals surface area contributed by atoms with E-state index in [2.05, 4.69) is 0 Å². The van der Waals surface area contributed by atoms with Gasteiger partial charge in [-0.2, -0.15) is 0 Å². The fraction of sp³-hybridized carbons (Fsp3) is 0.400. The Balaban J connectivity index is 3.27. The molecule has 0 aliphatic heterocycles. The number of benzene rings is 1. The second-order valence-electron chi connectivity index (χ2n) is 3.43. The van der Waals surface area contributed by atoms with Crippen molar-refractivity contribution >= 4 is 5.69 Å². The lowest BCUT2D eigenvalue weighted by molar-refractivity contribution is -0.386. The van der Waals surface area contributed by atoms with Crippen LogP contribution in [0.3, 0.4) is 0 Å². The zero-order valence-corrected chi connectivity index (χ0v) is 8.54. The van der Waals surface area contributed by atoms with Crippen molar-refractivity contribution in [3.05, 3.63) is 39.4 Å². The summed E-state index contributed by atoms with van der Waals surface area (Å²) in [6.45, 7) is 2.99. The molecule has 0 bridgehead atoms. The first-order valence-corrected chi connectivity index (χ1v) is 4.58. The standard InChI is InChI=1S/C10H13NO4/c1-6(12)8-3-4-9(7(2)13)10(5-8)11(14)15/h3-7,12-13H,1-2H3/t6-,7+/m0/s1. The molecule has 0 amide bonds. The zero-order valence-electron chi connectivity index (χ0n) is 8.54. The van der Waals surface area contributed by atoms with Crippen molar-refractivity contribution < 1.29 is 15.1 Å². The number of nitro benzene ring substituents is 1. The monoisotopic (exact) mass is 211 g/mol. The van der Waals surface area contributed by atoms with E-state index in [4.69, 9.17) is 0 Å². The highest BCUT2D eigenvalue weighted by Gasteiger charge is 2.18. The van der Waals surface area contributed by atoms with Crippen molar-refractivity contribution in [2.75, 3.05) is 0 Å². The van der Waals surface area contributed by atoms with Gasteiger partial charge in [0, 0.05) is 6.07 Å². The highest BCUT2D eigenvalue weighted by Crippen LogP contribution is 2.28. The van der Waals surface area contributed by atoms with E-state index < -0.39 is 17.1 Å². The van der Waals surface area contributed by atoms with E-state index >= 15 is 0 Å². The van der Waals surface area contributed by atoms with Crippen LogP contribution in [-0.2, 0) is 0 Å². The van der Waals surface area contributed by atoms with Gasteiger partial charge in [-0.3, -0.25) is 10.1 Å². The summed E-state index contributed by atoms with van der Waals surface area (Å²) >= 11 is 0. The molecule has 0 aliphatic rings. The summed E-state index contributed by atoms with van der Waals surface area (Å²) in [6, 6.07) is 4.32. The Bertz CT molecular complexity index is 374. The molecule has 2 N–H and O–H groups in total. The van der Waals surface area contributed by atoms with E-state index in [-0.39, 0.29) is 11.3 Å². The minimum absolute atomic E-state index is 0.164. The topological polar surface area (TPSA) is 83.6 Å². The van der Waals surface area contributed by atoms with Crippen LogP contribution >= 0.6 is 0 Å². The van der Waals surface area contributed by atoms with Crippen LogP contribution in [0.4, 0.5) is 5.69 Å². The molecule has 5 nitrogen and oxygen atoms in total. The first kappa shape index (κ1) is 11.6. The SMILES string of the molecule is C[C@H](O)c1ccc([C@@H](C)O)c([N+](=O)[O-])c1. The predicted octanol–water partition coefficient (Wildman–Crippen LogP) is 1.70. The van der Waals surface area contributed by atoms with Crippen molar-refractivity contribution in [2.24, 2.45) is 0 Å². The summed E-state index contributed by atoms with van der Waals surface area (Å²) in [6.07, 6.45) is -1.65. The molecule has 2 atom stereocenters. The van der Waals surface area contributed by atoms with Gasteiger partial charge in [0.25, 0.3) is 5.69 Å². The molecule has 0 saturated heterocycles.